The van der Waals surface area contributed by atoms with Gasteiger partial charge in [0.25, 0.3) is 0 Å². The van der Waals surface area contributed by atoms with E-state index in [1.54, 1.807) is 12.1 Å². The van der Waals surface area contributed by atoms with E-state index >= 15 is 0 Å². The number of pyridine rings is 1. The molecule has 2 nitrogen and oxygen atoms in total. The van der Waals surface area contributed by atoms with Crippen molar-refractivity contribution in [1.29, 1.82) is 0 Å². The molecule has 0 aliphatic heterocycles. The zero-order chi connectivity index (χ0) is 24.2. The molecule has 0 aliphatic rings. The standard InChI is InChI=1S/C28H31F3N2/c1-6-12-21(7-2)23-14-9-8-13-22(23)20(5)32-27-19(4)18(3)17-26(33-27)24-15-10-11-16-25(24)28(29,30)31/h8-11,13-17,21H,5-7,12H2,1-4H3,(H,32,33). The first-order chi connectivity index (χ1) is 15.7. The Morgan fingerprint density at radius 3 is 2.36 bits per heavy atom. The number of halogens is 3. The summed E-state index contributed by atoms with van der Waals surface area (Å²) in [7, 11) is 0. The number of aromatic nitrogens is 1. The summed E-state index contributed by atoms with van der Waals surface area (Å²) in [5, 5.41) is 3.31. The summed E-state index contributed by atoms with van der Waals surface area (Å²) < 4.78 is 40.8. The fourth-order valence-electron chi connectivity index (χ4n) is 4.22. The molecular formula is C28H31F3N2. The van der Waals surface area contributed by atoms with E-state index in [0.717, 1.165) is 42.0 Å². The first-order valence-corrected chi connectivity index (χ1v) is 11.4. The summed E-state index contributed by atoms with van der Waals surface area (Å²) in [5.41, 5.74) is 4.33. The van der Waals surface area contributed by atoms with Crippen LogP contribution in [0.2, 0.25) is 0 Å². The number of nitrogens with one attached hydrogen (secondary N) is 1. The lowest BCUT2D eigenvalue weighted by atomic mass is 9.88. The fraction of sp³-hybridized carbons (Fsp3) is 0.321. The van der Waals surface area contributed by atoms with Crippen LogP contribution in [-0.4, -0.2) is 4.98 Å². The normalized spacial score (nSPS) is 12.5. The molecule has 0 radical (unpaired) electrons. The summed E-state index contributed by atoms with van der Waals surface area (Å²) in [4.78, 5) is 4.60. The Kier molecular flexibility index (Phi) is 7.62. The van der Waals surface area contributed by atoms with Crippen molar-refractivity contribution in [1.82, 2.24) is 4.98 Å². The van der Waals surface area contributed by atoms with Gasteiger partial charge in [0.15, 0.2) is 0 Å². The molecule has 2 aromatic carbocycles. The molecule has 0 fully saturated rings. The van der Waals surface area contributed by atoms with Crippen LogP contribution in [0.1, 0.15) is 66.8 Å². The molecule has 1 unspecified atom stereocenters. The third-order valence-corrected chi connectivity index (χ3v) is 6.17. The van der Waals surface area contributed by atoms with E-state index in [0.29, 0.717) is 17.4 Å². The van der Waals surface area contributed by atoms with E-state index < -0.39 is 11.7 Å². The Bertz CT molecular complexity index is 1130. The summed E-state index contributed by atoms with van der Waals surface area (Å²) >= 11 is 0. The topological polar surface area (TPSA) is 24.9 Å². The van der Waals surface area contributed by atoms with Gasteiger partial charge in [-0.3, -0.25) is 0 Å². The molecular weight excluding hydrogens is 421 g/mol. The Morgan fingerprint density at radius 2 is 1.70 bits per heavy atom. The van der Waals surface area contributed by atoms with E-state index in [1.165, 1.54) is 17.7 Å². The molecule has 3 aromatic rings. The number of alkyl halides is 3. The SMILES string of the molecule is C=C(Nc1nc(-c2ccccc2C(F)(F)F)cc(C)c1C)c1ccccc1C(CC)CCC. The van der Waals surface area contributed by atoms with Crippen molar-refractivity contribution >= 4 is 11.5 Å². The maximum absolute atomic E-state index is 13.6. The minimum atomic E-state index is -4.46. The van der Waals surface area contributed by atoms with Crippen LogP contribution < -0.4 is 5.32 Å². The molecule has 0 aliphatic carbocycles. The molecule has 0 saturated carbocycles. The smallest absolute Gasteiger partial charge is 0.340 e. The number of rotatable bonds is 8. The van der Waals surface area contributed by atoms with E-state index in [1.807, 2.05) is 32.0 Å². The molecule has 1 atom stereocenters. The number of anilines is 1. The summed E-state index contributed by atoms with van der Waals surface area (Å²) in [6.45, 7) is 12.4. The maximum Gasteiger partial charge on any atom is 0.417 e. The zero-order valence-corrected chi connectivity index (χ0v) is 19.7. The van der Waals surface area contributed by atoms with Crippen molar-refractivity contribution in [2.75, 3.05) is 5.32 Å². The molecule has 0 bridgehead atoms. The van der Waals surface area contributed by atoms with E-state index in [2.05, 4.69) is 36.8 Å². The van der Waals surface area contributed by atoms with E-state index in [4.69, 9.17) is 0 Å². The number of aryl methyl sites for hydroxylation is 1. The zero-order valence-electron chi connectivity index (χ0n) is 19.7. The van der Waals surface area contributed by atoms with Gasteiger partial charge < -0.3 is 5.32 Å². The average Bonchev–Trinajstić information content (AvgIpc) is 2.79. The molecule has 1 aromatic heterocycles. The highest BCUT2D eigenvalue weighted by atomic mass is 19.4. The molecule has 174 valence electrons. The molecule has 5 heteroatoms. The third kappa shape index (κ3) is 5.47. The third-order valence-electron chi connectivity index (χ3n) is 6.17. The van der Waals surface area contributed by atoms with Gasteiger partial charge in [0.2, 0.25) is 0 Å². The number of benzene rings is 2. The highest BCUT2D eigenvalue weighted by Crippen LogP contribution is 2.38. The van der Waals surface area contributed by atoms with Crippen molar-refractivity contribution in [3.63, 3.8) is 0 Å². The van der Waals surface area contributed by atoms with Gasteiger partial charge in [-0.05, 0) is 61.4 Å². The average molecular weight is 453 g/mol. The van der Waals surface area contributed by atoms with Crippen molar-refractivity contribution in [3.05, 3.63) is 89.0 Å². The molecule has 0 saturated heterocycles. The van der Waals surface area contributed by atoms with Crippen LogP contribution in [0.5, 0.6) is 0 Å². The summed E-state index contributed by atoms with van der Waals surface area (Å²) in [6.07, 6.45) is -1.26. The van der Waals surface area contributed by atoms with Crippen LogP contribution in [-0.2, 0) is 6.18 Å². The quantitative estimate of drug-likeness (QED) is 0.369. The van der Waals surface area contributed by atoms with Crippen molar-refractivity contribution < 1.29 is 13.2 Å². The Morgan fingerprint density at radius 1 is 1.03 bits per heavy atom. The number of nitrogens with zero attached hydrogens (tertiary/aromatic N) is 1. The number of hydrogen-bond donors (Lipinski definition) is 1. The predicted octanol–water partition coefficient (Wildman–Crippen LogP) is 8.76. The highest BCUT2D eigenvalue weighted by Gasteiger charge is 2.33. The van der Waals surface area contributed by atoms with Gasteiger partial charge in [0.1, 0.15) is 5.82 Å². The first kappa shape index (κ1) is 24.6. The largest absolute Gasteiger partial charge is 0.417 e. The van der Waals surface area contributed by atoms with Crippen LogP contribution in [0.25, 0.3) is 17.0 Å². The molecule has 0 spiro atoms. The van der Waals surface area contributed by atoms with Gasteiger partial charge in [-0.25, -0.2) is 4.98 Å². The van der Waals surface area contributed by atoms with Crippen molar-refractivity contribution in [3.8, 4) is 11.3 Å². The molecule has 1 N–H and O–H groups in total. The summed E-state index contributed by atoms with van der Waals surface area (Å²) in [6, 6.07) is 15.4. The second-order valence-corrected chi connectivity index (χ2v) is 8.43. The van der Waals surface area contributed by atoms with Crippen LogP contribution >= 0.6 is 0 Å². The lowest BCUT2D eigenvalue weighted by Gasteiger charge is -2.21. The van der Waals surface area contributed by atoms with Crippen molar-refractivity contribution in [2.24, 2.45) is 0 Å². The lowest BCUT2D eigenvalue weighted by Crippen LogP contribution is -2.10. The Hall–Kier alpha value is -3.08. The minimum absolute atomic E-state index is 0.0659. The molecule has 0 amide bonds. The van der Waals surface area contributed by atoms with Gasteiger partial charge in [-0.2, -0.15) is 13.2 Å². The van der Waals surface area contributed by atoms with Crippen LogP contribution in [0.15, 0.2) is 61.2 Å². The predicted molar refractivity (Wildman–Crippen MR) is 131 cm³/mol. The number of hydrogen-bond acceptors (Lipinski definition) is 2. The molecule has 3 rings (SSSR count). The van der Waals surface area contributed by atoms with Crippen molar-refractivity contribution in [2.45, 2.75) is 59.1 Å². The summed E-state index contributed by atoms with van der Waals surface area (Å²) in [5.74, 6) is 0.941. The van der Waals surface area contributed by atoms with Gasteiger partial charge in [-0.1, -0.05) is 69.3 Å². The Balaban J connectivity index is 2.02. The van der Waals surface area contributed by atoms with Gasteiger partial charge in [0.05, 0.1) is 11.3 Å². The van der Waals surface area contributed by atoms with E-state index in [9.17, 15) is 13.2 Å². The molecule has 1 heterocycles. The monoisotopic (exact) mass is 452 g/mol. The van der Waals surface area contributed by atoms with Gasteiger partial charge >= 0.3 is 6.18 Å². The first-order valence-electron chi connectivity index (χ1n) is 11.4. The second kappa shape index (κ2) is 10.2. The van der Waals surface area contributed by atoms with Crippen LogP contribution in [0.3, 0.4) is 0 Å². The van der Waals surface area contributed by atoms with Crippen LogP contribution in [0, 0.1) is 13.8 Å². The van der Waals surface area contributed by atoms with E-state index in [-0.39, 0.29) is 11.3 Å². The van der Waals surface area contributed by atoms with Gasteiger partial charge in [-0.15, -0.1) is 0 Å². The van der Waals surface area contributed by atoms with Crippen LogP contribution in [0.4, 0.5) is 19.0 Å². The maximum atomic E-state index is 13.6. The highest BCUT2D eigenvalue weighted by molar-refractivity contribution is 5.79. The fourth-order valence-corrected chi connectivity index (χ4v) is 4.22. The molecule has 33 heavy (non-hydrogen) atoms. The van der Waals surface area contributed by atoms with Gasteiger partial charge in [0, 0.05) is 16.8 Å². The Labute approximate surface area is 194 Å². The second-order valence-electron chi connectivity index (χ2n) is 8.43. The lowest BCUT2D eigenvalue weighted by molar-refractivity contribution is -0.137. The minimum Gasteiger partial charge on any atom is -0.340 e.